The molecule has 0 aliphatic rings. The zero-order chi connectivity index (χ0) is 10.2. The number of rotatable bonds is 7. The average Bonchev–Trinajstić information content (AvgIpc) is 2.63. The summed E-state index contributed by atoms with van der Waals surface area (Å²) in [4.78, 5) is 0. The van der Waals surface area contributed by atoms with E-state index in [1.54, 1.807) is 0 Å². The van der Waals surface area contributed by atoms with Crippen molar-refractivity contribution in [3.8, 4) is 0 Å². The Morgan fingerprint density at radius 2 is 2.21 bits per heavy atom. The van der Waals surface area contributed by atoms with Crippen molar-refractivity contribution >= 4 is 22.6 Å². The highest BCUT2D eigenvalue weighted by Crippen LogP contribution is 2.05. The maximum atomic E-state index is 4.11. The van der Waals surface area contributed by atoms with Gasteiger partial charge in [-0.2, -0.15) is 0 Å². The average molecular weight is 307 g/mol. The predicted octanol–water partition coefficient (Wildman–Crippen LogP) is 2.84. The highest BCUT2D eigenvalue weighted by atomic mass is 127. The first-order valence-corrected chi connectivity index (χ1v) is 6.84. The molecule has 0 saturated heterocycles. The van der Waals surface area contributed by atoms with Crippen LogP contribution in [0.25, 0.3) is 0 Å². The molecule has 0 N–H and O–H groups in total. The maximum absolute atomic E-state index is 4.11. The van der Waals surface area contributed by atoms with Gasteiger partial charge in [-0.3, -0.25) is 0 Å². The van der Waals surface area contributed by atoms with E-state index in [4.69, 9.17) is 0 Å². The molecule has 0 saturated carbocycles. The van der Waals surface area contributed by atoms with Crippen molar-refractivity contribution < 1.29 is 0 Å². The molecule has 0 unspecified atom stereocenters. The largest absolute Gasteiger partial charge is 0.249 e. The van der Waals surface area contributed by atoms with Gasteiger partial charge in [0.1, 0.15) is 0 Å². The molecule has 1 aromatic heterocycles. The number of nitrogens with zero attached hydrogens (tertiary/aromatic N) is 3. The smallest absolute Gasteiger partial charge is 0.0725 e. The molecule has 3 nitrogen and oxygen atoms in total. The van der Waals surface area contributed by atoms with E-state index in [1.807, 2.05) is 6.20 Å². The van der Waals surface area contributed by atoms with Crippen LogP contribution in [0.1, 0.15) is 38.3 Å². The van der Waals surface area contributed by atoms with Gasteiger partial charge in [0, 0.05) is 6.54 Å². The quantitative estimate of drug-likeness (QED) is 0.440. The number of hydrogen-bond donors (Lipinski definition) is 0. The molecule has 0 atom stereocenters. The topological polar surface area (TPSA) is 30.7 Å². The second kappa shape index (κ2) is 7.20. The lowest BCUT2D eigenvalue weighted by atomic mass is 10.2. The van der Waals surface area contributed by atoms with Gasteiger partial charge < -0.3 is 0 Å². The van der Waals surface area contributed by atoms with E-state index in [0.717, 1.165) is 13.0 Å². The predicted molar refractivity (Wildman–Crippen MR) is 66.8 cm³/mol. The minimum atomic E-state index is 1.03. The summed E-state index contributed by atoms with van der Waals surface area (Å²) >= 11 is 2.41. The summed E-state index contributed by atoms with van der Waals surface area (Å²) < 4.78 is 3.26. The molecule has 0 bridgehead atoms. The van der Waals surface area contributed by atoms with Gasteiger partial charge in [0.15, 0.2) is 0 Å². The van der Waals surface area contributed by atoms with Crippen molar-refractivity contribution in [2.75, 3.05) is 4.43 Å². The Morgan fingerprint density at radius 3 is 2.93 bits per heavy atom. The summed E-state index contributed by atoms with van der Waals surface area (Å²) in [5.74, 6) is 0. The van der Waals surface area contributed by atoms with Crippen molar-refractivity contribution in [3.05, 3.63) is 11.9 Å². The van der Waals surface area contributed by atoms with Crippen LogP contribution < -0.4 is 0 Å². The first-order chi connectivity index (χ1) is 6.88. The number of aromatic nitrogens is 3. The second-order valence-corrected chi connectivity index (χ2v) is 4.53. The minimum Gasteiger partial charge on any atom is -0.249 e. The fraction of sp³-hybridized carbons (Fsp3) is 0.800. The lowest BCUT2D eigenvalue weighted by molar-refractivity contribution is 0.518. The Balaban J connectivity index is 2.37. The van der Waals surface area contributed by atoms with E-state index in [2.05, 4.69) is 44.5 Å². The molecule has 14 heavy (non-hydrogen) atoms. The Hall–Kier alpha value is -0.130. The first kappa shape index (κ1) is 11.9. The van der Waals surface area contributed by atoms with Crippen LogP contribution in [0.5, 0.6) is 0 Å². The Labute approximate surface area is 99.4 Å². The van der Waals surface area contributed by atoms with Crippen molar-refractivity contribution in [1.29, 1.82) is 0 Å². The Bertz CT molecular complexity index is 247. The summed E-state index contributed by atoms with van der Waals surface area (Å²) in [6.07, 6.45) is 8.00. The number of halogens is 1. The van der Waals surface area contributed by atoms with E-state index in [1.165, 1.54) is 35.8 Å². The SMILES string of the molecule is CCCCCn1nncc1CCCI. The van der Waals surface area contributed by atoms with E-state index in [0.29, 0.717) is 0 Å². The molecule has 4 heteroatoms. The summed E-state index contributed by atoms with van der Waals surface area (Å²) in [6.45, 7) is 3.25. The van der Waals surface area contributed by atoms with Crippen LogP contribution in [0.4, 0.5) is 0 Å². The molecule has 1 heterocycles. The van der Waals surface area contributed by atoms with Crippen molar-refractivity contribution in [1.82, 2.24) is 15.0 Å². The van der Waals surface area contributed by atoms with E-state index in [-0.39, 0.29) is 0 Å². The lowest BCUT2D eigenvalue weighted by Gasteiger charge is -2.04. The van der Waals surface area contributed by atoms with E-state index >= 15 is 0 Å². The van der Waals surface area contributed by atoms with Crippen LogP contribution in [-0.2, 0) is 13.0 Å². The second-order valence-electron chi connectivity index (χ2n) is 3.45. The third kappa shape index (κ3) is 3.94. The first-order valence-electron chi connectivity index (χ1n) is 5.31. The number of alkyl halides is 1. The van der Waals surface area contributed by atoms with Gasteiger partial charge in [-0.15, -0.1) is 5.10 Å². The monoisotopic (exact) mass is 307 g/mol. The van der Waals surface area contributed by atoms with E-state index < -0.39 is 0 Å². The van der Waals surface area contributed by atoms with Crippen LogP contribution in [0, 0.1) is 0 Å². The zero-order valence-corrected chi connectivity index (χ0v) is 10.9. The summed E-state index contributed by atoms with van der Waals surface area (Å²) in [5, 5.41) is 8.07. The minimum absolute atomic E-state index is 1.03. The summed E-state index contributed by atoms with van der Waals surface area (Å²) in [6, 6.07) is 0. The van der Waals surface area contributed by atoms with Crippen molar-refractivity contribution in [2.45, 2.75) is 45.6 Å². The molecule has 0 aliphatic carbocycles. The lowest BCUT2D eigenvalue weighted by Crippen LogP contribution is -2.05. The fourth-order valence-corrected chi connectivity index (χ4v) is 1.80. The Kier molecular flexibility index (Phi) is 6.14. The van der Waals surface area contributed by atoms with Crippen molar-refractivity contribution in [2.24, 2.45) is 0 Å². The normalized spacial score (nSPS) is 10.7. The third-order valence-electron chi connectivity index (χ3n) is 2.24. The van der Waals surface area contributed by atoms with Crippen LogP contribution >= 0.6 is 22.6 Å². The molecule has 0 spiro atoms. The van der Waals surface area contributed by atoms with Crippen molar-refractivity contribution in [3.63, 3.8) is 0 Å². The standard InChI is InChI=1S/C10H18IN3/c1-2-3-4-8-14-10(6-5-7-11)9-12-13-14/h9H,2-8H2,1H3. The maximum Gasteiger partial charge on any atom is 0.0725 e. The van der Waals surface area contributed by atoms with Crippen LogP contribution in [0.3, 0.4) is 0 Å². The molecule has 80 valence electrons. The Morgan fingerprint density at radius 1 is 1.36 bits per heavy atom. The molecule has 0 fully saturated rings. The van der Waals surface area contributed by atoms with Crippen LogP contribution in [0.15, 0.2) is 6.20 Å². The summed E-state index contributed by atoms with van der Waals surface area (Å²) in [7, 11) is 0. The molecular formula is C10H18IN3. The zero-order valence-electron chi connectivity index (χ0n) is 8.75. The van der Waals surface area contributed by atoms with Gasteiger partial charge >= 0.3 is 0 Å². The third-order valence-corrected chi connectivity index (χ3v) is 3.00. The molecule has 0 aromatic carbocycles. The van der Waals surface area contributed by atoms with Gasteiger partial charge in [0.05, 0.1) is 11.9 Å². The molecule has 1 rings (SSSR count). The van der Waals surface area contributed by atoms with Gasteiger partial charge in [-0.1, -0.05) is 47.6 Å². The molecule has 0 aliphatic heterocycles. The van der Waals surface area contributed by atoms with Gasteiger partial charge in [0.2, 0.25) is 0 Å². The number of aryl methyl sites for hydroxylation is 2. The van der Waals surface area contributed by atoms with Crippen LogP contribution in [0.2, 0.25) is 0 Å². The van der Waals surface area contributed by atoms with Crippen LogP contribution in [-0.4, -0.2) is 19.4 Å². The highest BCUT2D eigenvalue weighted by molar-refractivity contribution is 14.1. The van der Waals surface area contributed by atoms with Gasteiger partial charge in [-0.05, 0) is 23.7 Å². The van der Waals surface area contributed by atoms with E-state index in [9.17, 15) is 0 Å². The highest BCUT2D eigenvalue weighted by Gasteiger charge is 2.02. The molecule has 1 aromatic rings. The summed E-state index contributed by atoms with van der Waals surface area (Å²) in [5.41, 5.74) is 1.29. The molecule has 0 radical (unpaired) electrons. The number of unbranched alkanes of at least 4 members (excludes halogenated alkanes) is 2. The fourth-order valence-electron chi connectivity index (χ4n) is 1.42. The van der Waals surface area contributed by atoms with Gasteiger partial charge in [-0.25, -0.2) is 4.68 Å². The number of hydrogen-bond acceptors (Lipinski definition) is 2. The molecular weight excluding hydrogens is 289 g/mol. The molecule has 0 amide bonds. The van der Waals surface area contributed by atoms with Gasteiger partial charge in [0.25, 0.3) is 0 Å².